The summed E-state index contributed by atoms with van der Waals surface area (Å²) in [5, 5.41) is 1.80. The first kappa shape index (κ1) is 18.4. The van der Waals surface area contributed by atoms with E-state index in [0.29, 0.717) is 42.6 Å². The maximum Gasteiger partial charge on any atom is 0.263 e. The number of nitrogens with zero attached hydrogens (tertiary/aromatic N) is 1. The van der Waals surface area contributed by atoms with Gasteiger partial charge in [-0.3, -0.25) is 9.69 Å². The van der Waals surface area contributed by atoms with Crippen molar-refractivity contribution in [3.8, 4) is 0 Å². The summed E-state index contributed by atoms with van der Waals surface area (Å²) >= 11 is 25.0. The minimum atomic E-state index is -0.225. The molecule has 0 unspecified atom stereocenters. The standard InChI is InChI=1S/C21H11Cl4NO/c22-13-9-8-12(18(25)11-13)10-15-14-4-1-2-7-19(14)26(21(15)27)20-16(23)5-3-6-17(20)24/h1-11H/b15-10+. The van der Waals surface area contributed by atoms with E-state index >= 15 is 0 Å². The van der Waals surface area contributed by atoms with Gasteiger partial charge in [0.2, 0.25) is 0 Å². The number of hydrogen-bond donors (Lipinski definition) is 0. The summed E-state index contributed by atoms with van der Waals surface area (Å²) in [5.74, 6) is -0.225. The van der Waals surface area contributed by atoms with Gasteiger partial charge < -0.3 is 0 Å². The Balaban J connectivity index is 1.92. The maximum atomic E-state index is 13.3. The molecule has 27 heavy (non-hydrogen) atoms. The smallest absolute Gasteiger partial charge is 0.263 e. The van der Waals surface area contributed by atoms with Gasteiger partial charge in [-0.25, -0.2) is 0 Å². The van der Waals surface area contributed by atoms with Crippen LogP contribution in [0, 0.1) is 0 Å². The molecule has 4 rings (SSSR count). The number of hydrogen-bond acceptors (Lipinski definition) is 1. The molecule has 1 heterocycles. The van der Waals surface area contributed by atoms with E-state index in [2.05, 4.69) is 0 Å². The molecule has 0 fully saturated rings. The lowest BCUT2D eigenvalue weighted by Gasteiger charge is -2.20. The maximum absolute atomic E-state index is 13.3. The lowest BCUT2D eigenvalue weighted by atomic mass is 10.0. The van der Waals surface area contributed by atoms with Gasteiger partial charge >= 0.3 is 0 Å². The first-order valence-corrected chi connectivity index (χ1v) is 9.53. The molecule has 0 saturated heterocycles. The van der Waals surface area contributed by atoms with Crippen LogP contribution in [0.2, 0.25) is 20.1 Å². The first-order valence-electron chi connectivity index (χ1n) is 8.02. The van der Waals surface area contributed by atoms with Gasteiger partial charge in [0.25, 0.3) is 5.91 Å². The zero-order valence-corrected chi connectivity index (χ0v) is 16.7. The summed E-state index contributed by atoms with van der Waals surface area (Å²) in [5.41, 5.74) is 3.17. The van der Waals surface area contributed by atoms with Crippen LogP contribution in [0.4, 0.5) is 11.4 Å². The second kappa shape index (κ2) is 7.21. The molecule has 6 heteroatoms. The second-order valence-corrected chi connectivity index (χ2v) is 7.61. The van der Waals surface area contributed by atoms with E-state index in [-0.39, 0.29) is 5.91 Å². The Morgan fingerprint density at radius 3 is 2.19 bits per heavy atom. The Bertz CT molecular complexity index is 1090. The molecule has 0 radical (unpaired) electrons. The van der Waals surface area contributed by atoms with Crippen molar-refractivity contribution in [1.29, 1.82) is 0 Å². The summed E-state index contributed by atoms with van der Waals surface area (Å²) in [6, 6.07) is 17.8. The van der Waals surface area contributed by atoms with E-state index in [9.17, 15) is 4.79 Å². The van der Waals surface area contributed by atoms with Gasteiger partial charge in [0.15, 0.2) is 0 Å². The Morgan fingerprint density at radius 2 is 1.48 bits per heavy atom. The third-order valence-corrected chi connectivity index (χ3v) is 5.46. The minimum Gasteiger partial charge on any atom is -0.273 e. The van der Waals surface area contributed by atoms with Crippen molar-refractivity contribution in [2.45, 2.75) is 0 Å². The molecule has 1 amide bonds. The number of amides is 1. The molecule has 3 aromatic carbocycles. The number of benzene rings is 3. The van der Waals surface area contributed by atoms with Crippen LogP contribution < -0.4 is 4.90 Å². The highest BCUT2D eigenvalue weighted by Gasteiger charge is 2.35. The fourth-order valence-corrected chi connectivity index (χ4v) is 4.11. The van der Waals surface area contributed by atoms with E-state index < -0.39 is 0 Å². The van der Waals surface area contributed by atoms with Gasteiger partial charge in [-0.1, -0.05) is 76.7 Å². The molecule has 0 N–H and O–H groups in total. The summed E-state index contributed by atoms with van der Waals surface area (Å²) in [6.07, 6.45) is 1.75. The van der Waals surface area contributed by atoms with Crippen LogP contribution in [-0.4, -0.2) is 5.91 Å². The third kappa shape index (κ3) is 3.24. The quantitative estimate of drug-likeness (QED) is 0.382. The van der Waals surface area contributed by atoms with Crippen LogP contribution in [-0.2, 0) is 4.79 Å². The SMILES string of the molecule is O=C1/C(=C/c2ccc(Cl)cc2Cl)c2ccccc2N1c1c(Cl)cccc1Cl. The third-order valence-electron chi connectivity index (χ3n) is 4.29. The van der Waals surface area contributed by atoms with Crippen LogP contribution in [0.3, 0.4) is 0 Å². The molecule has 2 nitrogen and oxygen atoms in total. The van der Waals surface area contributed by atoms with Gasteiger partial charge in [-0.05, 0) is 42.0 Å². The van der Waals surface area contributed by atoms with Crippen LogP contribution in [0.25, 0.3) is 11.6 Å². The van der Waals surface area contributed by atoms with Crippen LogP contribution in [0.1, 0.15) is 11.1 Å². The molecule has 0 spiro atoms. The van der Waals surface area contributed by atoms with E-state index in [1.54, 1.807) is 42.5 Å². The van der Waals surface area contributed by atoms with Gasteiger partial charge in [-0.15, -0.1) is 0 Å². The minimum absolute atomic E-state index is 0.225. The van der Waals surface area contributed by atoms with Crippen molar-refractivity contribution in [3.63, 3.8) is 0 Å². The van der Waals surface area contributed by atoms with Crippen molar-refractivity contribution >= 4 is 75.3 Å². The molecular weight excluding hydrogens is 424 g/mol. The van der Waals surface area contributed by atoms with Crippen molar-refractivity contribution < 1.29 is 4.79 Å². The molecule has 1 aliphatic rings. The van der Waals surface area contributed by atoms with E-state index in [4.69, 9.17) is 46.4 Å². The molecule has 0 aromatic heterocycles. The molecule has 0 saturated carbocycles. The summed E-state index contributed by atoms with van der Waals surface area (Å²) in [4.78, 5) is 14.9. The van der Waals surface area contributed by atoms with Crippen molar-refractivity contribution in [2.75, 3.05) is 4.90 Å². The van der Waals surface area contributed by atoms with Crippen molar-refractivity contribution in [1.82, 2.24) is 0 Å². The van der Waals surface area contributed by atoms with E-state index in [1.807, 2.05) is 24.3 Å². The molecule has 0 atom stereocenters. The monoisotopic (exact) mass is 433 g/mol. The molecule has 1 aliphatic heterocycles. The topological polar surface area (TPSA) is 20.3 Å². The number of para-hydroxylation sites is 2. The Hall–Kier alpha value is -1.97. The normalized spacial score (nSPS) is 14.7. The highest BCUT2D eigenvalue weighted by molar-refractivity contribution is 6.45. The highest BCUT2D eigenvalue weighted by atomic mass is 35.5. The predicted molar refractivity (Wildman–Crippen MR) is 114 cm³/mol. The number of carbonyl (C=O) groups excluding carboxylic acids is 1. The highest BCUT2D eigenvalue weighted by Crippen LogP contribution is 2.47. The Morgan fingerprint density at radius 1 is 0.778 bits per heavy atom. The molecule has 134 valence electrons. The second-order valence-electron chi connectivity index (χ2n) is 5.95. The lowest BCUT2D eigenvalue weighted by molar-refractivity contribution is -0.112. The summed E-state index contributed by atoms with van der Waals surface area (Å²) in [6.45, 7) is 0. The average Bonchev–Trinajstić information content (AvgIpc) is 2.90. The van der Waals surface area contributed by atoms with Gasteiger partial charge in [-0.2, -0.15) is 0 Å². The van der Waals surface area contributed by atoms with Crippen LogP contribution in [0.15, 0.2) is 60.7 Å². The molecule has 3 aromatic rings. The number of rotatable bonds is 2. The summed E-state index contributed by atoms with van der Waals surface area (Å²) in [7, 11) is 0. The predicted octanol–water partition coefficient (Wildman–Crippen LogP) is 7.52. The van der Waals surface area contributed by atoms with Crippen molar-refractivity contribution in [2.24, 2.45) is 0 Å². The van der Waals surface area contributed by atoms with Gasteiger partial charge in [0.1, 0.15) is 0 Å². The molecule has 0 aliphatic carbocycles. The molecule has 0 bridgehead atoms. The van der Waals surface area contributed by atoms with Crippen LogP contribution in [0.5, 0.6) is 0 Å². The van der Waals surface area contributed by atoms with E-state index in [0.717, 1.165) is 5.56 Å². The van der Waals surface area contributed by atoms with Crippen molar-refractivity contribution in [3.05, 3.63) is 91.9 Å². The first-order chi connectivity index (χ1) is 13.0. The zero-order valence-electron chi connectivity index (χ0n) is 13.7. The summed E-state index contributed by atoms with van der Waals surface area (Å²) < 4.78 is 0. The lowest BCUT2D eigenvalue weighted by Crippen LogP contribution is -2.21. The average molecular weight is 435 g/mol. The number of halogens is 4. The number of carbonyl (C=O) groups is 1. The van der Waals surface area contributed by atoms with Crippen LogP contribution >= 0.6 is 46.4 Å². The van der Waals surface area contributed by atoms with Gasteiger partial charge in [0, 0.05) is 15.6 Å². The van der Waals surface area contributed by atoms with Gasteiger partial charge in [0.05, 0.1) is 27.0 Å². The largest absolute Gasteiger partial charge is 0.273 e. The Labute approximate surface area is 176 Å². The zero-order chi connectivity index (χ0) is 19.1. The fraction of sp³-hybridized carbons (Fsp3) is 0. The molecular formula is C21H11Cl4NO. The fourth-order valence-electron chi connectivity index (χ4n) is 3.08. The Kier molecular flexibility index (Phi) is 4.92. The van der Waals surface area contributed by atoms with E-state index in [1.165, 1.54) is 4.90 Å². The number of fused-ring (bicyclic) bond motifs is 1. The number of anilines is 2.